The van der Waals surface area contributed by atoms with Crippen LogP contribution in [0.15, 0.2) is 48.1 Å². The number of carbonyl (C=O) groups is 5. The number of aliphatic hydroxyl groups is 3. The second-order valence-electron chi connectivity index (χ2n) is 13.3. The molecule has 0 saturated heterocycles. The van der Waals surface area contributed by atoms with Crippen LogP contribution in [-0.2, 0) is 47.8 Å². The lowest BCUT2D eigenvalue weighted by molar-refractivity contribution is -0.264. The molecule has 10 atom stereocenters. The molecule has 1 unspecified atom stereocenters. The standard InChI is InChI=1S/C34H48O14/c1-12-16(2)29(38)47-27-19(5)26(46-30(39)18(4)20(6)48-43)23-25(44-21(7)35)17(3)15-34(23,42)31(40)33(11,41)14-13-32(9,10)28(24(27)37)45-22(8)36/h12-14,17,20,23-28,37,41-43H,4-5,15H2,1-3,6-11H3/b14-13+,16-12-/t17-,20?,23+,24+,25-,26-,27-,28+,33+,34+/m0/s1. The summed E-state index contributed by atoms with van der Waals surface area (Å²) in [6, 6.07) is 0. The van der Waals surface area contributed by atoms with Crippen LogP contribution in [0.2, 0.25) is 0 Å². The maximum absolute atomic E-state index is 14.3. The number of ether oxygens (including phenoxy) is 4. The van der Waals surface area contributed by atoms with Crippen LogP contribution in [0.25, 0.3) is 0 Å². The monoisotopic (exact) mass is 680 g/mol. The van der Waals surface area contributed by atoms with Crippen molar-refractivity contribution in [3.8, 4) is 0 Å². The maximum atomic E-state index is 14.3. The molecule has 0 aromatic heterocycles. The summed E-state index contributed by atoms with van der Waals surface area (Å²) in [5, 5.41) is 44.9. The largest absolute Gasteiger partial charge is 0.462 e. The van der Waals surface area contributed by atoms with Gasteiger partial charge in [0.2, 0.25) is 0 Å². The van der Waals surface area contributed by atoms with Crippen molar-refractivity contribution in [1.82, 2.24) is 0 Å². The Hall–Kier alpha value is -3.69. The predicted octanol–water partition coefficient (Wildman–Crippen LogP) is 2.29. The van der Waals surface area contributed by atoms with E-state index in [9.17, 15) is 44.5 Å². The van der Waals surface area contributed by atoms with Crippen LogP contribution in [0.3, 0.4) is 0 Å². The molecular weight excluding hydrogens is 632 g/mol. The van der Waals surface area contributed by atoms with Crippen molar-refractivity contribution in [3.05, 3.63) is 48.1 Å². The molecule has 48 heavy (non-hydrogen) atoms. The number of hydrogen-bond donors (Lipinski definition) is 4. The summed E-state index contributed by atoms with van der Waals surface area (Å²) in [5.74, 6) is -7.55. The van der Waals surface area contributed by atoms with Gasteiger partial charge in [0.1, 0.15) is 41.7 Å². The van der Waals surface area contributed by atoms with E-state index in [-0.39, 0.29) is 5.57 Å². The topological polar surface area (TPSA) is 212 Å². The van der Waals surface area contributed by atoms with Gasteiger partial charge in [-0.1, -0.05) is 46.1 Å². The number of hydrogen-bond acceptors (Lipinski definition) is 14. The molecule has 268 valence electrons. The molecule has 0 spiro atoms. The zero-order chi connectivity index (χ0) is 37.1. The van der Waals surface area contributed by atoms with Gasteiger partial charge >= 0.3 is 23.9 Å². The normalized spacial score (nSPS) is 35.2. The van der Waals surface area contributed by atoms with Crippen LogP contribution in [0.5, 0.6) is 0 Å². The fourth-order valence-corrected chi connectivity index (χ4v) is 6.05. The minimum absolute atomic E-state index is 0.0927. The minimum atomic E-state index is -2.60. The second kappa shape index (κ2) is 15.2. The Morgan fingerprint density at radius 1 is 0.958 bits per heavy atom. The van der Waals surface area contributed by atoms with Gasteiger partial charge in [0.25, 0.3) is 0 Å². The molecule has 0 aromatic carbocycles. The molecule has 0 radical (unpaired) electrons. The van der Waals surface area contributed by atoms with Crippen LogP contribution >= 0.6 is 0 Å². The van der Waals surface area contributed by atoms with Gasteiger partial charge in [-0.15, -0.1) is 0 Å². The van der Waals surface area contributed by atoms with E-state index in [2.05, 4.69) is 18.0 Å². The predicted molar refractivity (Wildman–Crippen MR) is 169 cm³/mol. The third-order valence-electron chi connectivity index (χ3n) is 8.93. The van der Waals surface area contributed by atoms with Gasteiger partial charge < -0.3 is 34.3 Å². The van der Waals surface area contributed by atoms with Crippen molar-refractivity contribution in [2.24, 2.45) is 17.3 Å². The molecule has 0 aliphatic heterocycles. The number of carbonyl (C=O) groups excluding carboxylic acids is 5. The molecular formula is C34H48O14. The van der Waals surface area contributed by atoms with Gasteiger partial charge in [0.05, 0.1) is 11.5 Å². The lowest BCUT2D eigenvalue weighted by Crippen LogP contribution is -2.60. The minimum Gasteiger partial charge on any atom is -0.462 e. The Bertz CT molecular complexity index is 1370. The van der Waals surface area contributed by atoms with E-state index in [1.165, 1.54) is 39.8 Å². The van der Waals surface area contributed by atoms with Crippen LogP contribution in [0.1, 0.15) is 68.7 Å². The smallest absolute Gasteiger partial charge is 0.336 e. The summed E-state index contributed by atoms with van der Waals surface area (Å²) in [4.78, 5) is 69.8. The van der Waals surface area contributed by atoms with E-state index in [0.29, 0.717) is 0 Å². The molecule has 0 heterocycles. The molecule has 2 aliphatic carbocycles. The van der Waals surface area contributed by atoms with Gasteiger partial charge in [0, 0.05) is 30.4 Å². The summed E-state index contributed by atoms with van der Waals surface area (Å²) < 4.78 is 22.6. The number of fused-ring (bicyclic) bond motifs is 1. The summed E-state index contributed by atoms with van der Waals surface area (Å²) in [6.45, 7) is 19.6. The highest BCUT2D eigenvalue weighted by atomic mass is 17.1. The molecule has 0 aromatic rings. The Labute approximate surface area is 279 Å². The highest BCUT2D eigenvalue weighted by Gasteiger charge is 2.65. The molecule has 2 aliphatic rings. The highest BCUT2D eigenvalue weighted by Crippen LogP contribution is 2.49. The van der Waals surface area contributed by atoms with Crippen molar-refractivity contribution < 1.29 is 68.4 Å². The molecule has 4 N–H and O–H groups in total. The van der Waals surface area contributed by atoms with Crippen LogP contribution < -0.4 is 0 Å². The molecule has 1 fully saturated rings. The van der Waals surface area contributed by atoms with Crippen molar-refractivity contribution >= 4 is 29.7 Å². The molecule has 0 amide bonds. The van der Waals surface area contributed by atoms with Crippen LogP contribution in [0, 0.1) is 17.3 Å². The average Bonchev–Trinajstić information content (AvgIpc) is 3.25. The van der Waals surface area contributed by atoms with E-state index in [1.807, 2.05) is 0 Å². The number of rotatable bonds is 8. The van der Waals surface area contributed by atoms with Crippen molar-refractivity contribution in [3.63, 3.8) is 0 Å². The SMILES string of the molecule is C=C(C(=O)O[C@H]1C(=C)[C@H](OC(=O)/C(C)=C\C)[C@@H](O)[C@@H](OC(C)=O)C(C)(C)/C=C/[C@@](C)(O)C(=O)[C@@]2(O)C[C@H](C)[C@H](OC(C)=O)[C@H]12)C(C)OO. The number of aliphatic hydroxyl groups excluding tert-OH is 1. The van der Waals surface area contributed by atoms with E-state index in [4.69, 9.17) is 18.9 Å². The zero-order valence-corrected chi connectivity index (χ0v) is 28.8. The Morgan fingerprint density at radius 2 is 1.50 bits per heavy atom. The second-order valence-corrected chi connectivity index (χ2v) is 13.3. The fraction of sp³-hybridized carbons (Fsp3) is 0.618. The van der Waals surface area contributed by atoms with E-state index < -0.39 is 112 Å². The summed E-state index contributed by atoms with van der Waals surface area (Å²) >= 11 is 0. The molecule has 14 heteroatoms. The molecule has 2 rings (SSSR count). The summed E-state index contributed by atoms with van der Waals surface area (Å²) in [5.41, 5.74) is -7.18. The van der Waals surface area contributed by atoms with Gasteiger partial charge in [-0.25, -0.2) is 14.5 Å². The quantitative estimate of drug-likeness (QED) is 0.0724. The molecule has 0 bridgehead atoms. The van der Waals surface area contributed by atoms with Gasteiger partial charge in [-0.3, -0.25) is 19.6 Å². The maximum Gasteiger partial charge on any atom is 0.336 e. The van der Waals surface area contributed by atoms with E-state index in [0.717, 1.165) is 26.8 Å². The first kappa shape index (κ1) is 40.5. The fourth-order valence-electron chi connectivity index (χ4n) is 6.05. The molecule has 14 nitrogen and oxygen atoms in total. The first-order valence-corrected chi connectivity index (χ1v) is 15.4. The number of ketones is 1. The highest BCUT2D eigenvalue weighted by molar-refractivity contribution is 5.97. The zero-order valence-electron chi connectivity index (χ0n) is 28.8. The van der Waals surface area contributed by atoms with Crippen LogP contribution in [-0.4, -0.2) is 98.1 Å². The van der Waals surface area contributed by atoms with E-state index >= 15 is 0 Å². The Morgan fingerprint density at radius 3 is 2.00 bits per heavy atom. The van der Waals surface area contributed by atoms with Crippen molar-refractivity contribution in [2.45, 2.75) is 117 Å². The average molecular weight is 681 g/mol. The third kappa shape index (κ3) is 8.47. The number of allylic oxidation sites excluding steroid dienone is 1. The summed E-state index contributed by atoms with van der Waals surface area (Å²) in [6.07, 6.45) is -6.58. The lowest BCUT2D eigenvalue weighted by atomic mass is 9.71. The number of esters is 4. The van der Waals surface area contributed by atoms with Gasteiger partial charge in [0.15, 0.2) is 11.9 Å². The first-order chi connectivity index (χ1) is 22.0. The van der Waals surface area contributed by atoms with E-state index in [1.54, 1.807) is 13.8 Å². The number of Topliss-reactive ketones (excluding diaryl/α,β-unsaturated/α-hetero) is 1. The summed E-state index contributed by atoms with van der Waals surface area (Å²) in [7, 11) is 0. The molecule has 1 saturated carbocycles. The van der Waals surface area contributed by atoms with Crippen molar-refractivity contribution in [1.29, 1.82) is 0 Å². The van der Waals surface area contributed by atoms with Crippen molar-refractivity contribution in [2.75, 3.05) is 0 Å². The Balaban J connectivity index is 3.09. The Kier molecular flexibility index (Phi) is 12.9. The third-order valence-corrected chi connectivity index (χ3v) is 8.93. The van der Waals surface area contributed by atoms with Crippen LogP contribution in [0.4, 0.5) is 0 Å². The first-order valence-electron chi connectivity index (χ1n) is 15.4. The van der Waals surface area contributed by atoms with Gasteiger partial charge in [-0.05, 0) is 46.1 Å². The lowest BCUT2D eigenvalue weighted by Gasteiger charge is -2.44. The van der Waals surface area contributed by atoms with Gasteiger partial charge in [-0.2, -0.15) is 0 Å².